The van der Waals surface area contributed by atoms with Gasteiger partial charge < -0.3 is 10.1 Å². The Balaban J connectivity index is 2.97. The van der Waals surface area contributed by atoms with Crippen LogP contribution in [-0.2, 0) is 21.3 Å². The minimum atomic E-state index is -3.43. The molecule has 0 fully saturated rings. The maximum atomic E-state index is 12.6. The van der Waals surface area contributed by atoms with Gasteiger partial charge in [0.15, 0.2) is 0 Å². The molecule has 19 heavy (non-hydrogen) atoms. The van der Waals surface area contributed by atoms with Crippen molar-refractivity contribution < 1.29 is 13.2 Å². The number of rotatable bonds is 8. The standard InChI is InChI=1S/C12H22N2O3S2/c1-10(2)14(5-6-17-4)19(15,16)12-7-11(8-13-3)18-9-12/h7,9-10,13H,5-6,8H2,1-4H3. The fourth-order valence-corrected chi connectivity index (χ4v) is 4.63. The van der Waals surface area contributed by atoms with Gasteiger partial charge in [-0.05, 0) is 27.0 Å². The zero-order valence-electron chi connectivity index (χ0n) is 11.8. The molecule has 0 atom stereocenters. The Labute approximate surface area is 119 Å². The summed E-state index contributed by atoms with van der Waals surface area (Å²) >= 11 is 1.45. The van der Waals surface area contributed by atoms with Crippen LogP contribution in [0.15, 0.2) is 16.3 Å². The minimum absolute atomic E-state index is 0.0900. The second-order valence-electron chi connectivity index (χ2n) is 4.48. The highest BCUT2D eigenvalue weighted by molar-refractivity contribution is 7.89. The molecule has 0 unspecified atom stereocenters. The van der Waals surface area contributed by atoms with Gasteiger partial charge in [-0.15, -0.1) is 11.3 Å². The summed E-state index contributed by atoms with van der Waals surface area (Å²) in [7, 11) is -0.0237. The van der Waals surface area contributed by atoms with Crippen LogP contribution in [-0.4, -0.2) is 46.1 Å². The first-order valence-corrected chi connectivity index (χ1v) is 8.48. The molecule has 7 heteroatoms. The summed E-state index contributed by atoms with van der Waals surface area (Å²) < 4.78 is 31.6. The molecule has 0 amide bonds. The average Bonchev–Trinajstić information content (AvgIpc) is 2.78. The van der Waals surface area contributed by atoms with Gasteiger partial charge in [-0.1, -0.05) is 0 Å². The van der Waals surface area contributed by atoms with Crippen molar-refractivity contribution in [1.82, 2.24) is 9.62 Å². The fourth-order valence-electron chi connectivity index (χ4n) is 1.74. The molecular weight excluding hydrogens is 284 g/mol. The van der Waals surface area contributed by atoms with Gasteiger partial charge >= 0.3 is 0 Å². The molecule has 0 aliphatic rings. The predicted octanol–water partition coefficient (Wildman–Crippen LogP) is 1.51. The number of nitrogens with zero attached hydrogens (tertiary/aromatic N) is 1. The highest BCUT2D eigenvalue weighted by Gasteiger charge is 2.27. The number of hydrogen-bond donors (Lipinski definition) is 1. The summed E-state index contributed by atoms with van der Waals surface area (Å²) in [5, 5.41) is 4.72. The molecule has 1 aromatic heterocycles. The third kappa shape index (κ3) is 4.25. The third-order valence-corrected chi connectivity index (χ3v) is 5.82. The van der Waals surface area contributed by atoms with E-state index in [0.717, 1.165) is 4.88 Å². The van der Waals surface area contributed by atoms with Crippen LogP contribution in [0.5, 0.6) is 0 Å². The summed E-state index contributed by atoms with van der Waals surface area (Å²) in [5.74, 6) is 0. The number of nitrogens with one attached hydrogen (secondary N) is 1. The van der Waals surface area contributed by atoms with E-state index in [1.165, 1.54) is 15.6 Å². The minimum Gasteiger partial charge on any atom is -0.383 e. The van der Waals surface area contributed by atoms with Gasteiger partial charge in [0.25, 0.3) is 0 Å². The normalized spacial score (nSPS) is 12.5. The van der Waals surface area contributed by atoms with Crippen LogP contribution in [0.2, 0.25) is 0 Å². The van der Waals surface area contributed by atoms with Gasteiger partial charge in [-0.3, -0.25) is 0 Å². The van der Waals surface area contributed by atoms with E-state index < -0.39 is 10.0 Å². The lowest BCUT2D eigenvalue weighted by Gasteiger charge is -2.25. The predicted molar refractivity (Wildman–Crippen MR) is 78.0 cm³/mol. The molecule has 0 aliphatic heterocycles. The monoisotopic (exact) mass is 306 g/mol. The van der Waals surface area contributed by atoms with Crippen LogP contribution in [0, 0.1) is 0 Å². The van der Waals surface area contributed by atoms with Crippen molar-refractivity contribution in [3.8, 4) is 0 Å². The Morgan fingerprint density at radius 3 is 2.68 bits per heavy atom. The molecule has 0 saturated heterocycles. The summed E-state index contributed by atoms with van der Waals surface area (Å²) in [6.45, 7) is 5.18. The SMILES string of the molecule is CNCc1cc(S(=O)(=O)N(CCOC)C(C)C)cs1. The van der Waals surface area contributed by atoms with Crippen LogP contribution < -0.4 is 5.32 Å². The van der Waals surface area contributed by atoms with Crippen molar-refractivity contribution in [3.63, 3.8) is 0 Å². The molecule has 0 bridgehead atoms. The van der Waals surface area contributed by atoms with E-state index in [0.29, 0.717) is 24.6 Å². The molecule has 1 N–H and O–H groups in total. The Bertz CT molecular complexity index is 483. The molecule has 0 radical (unpaired) electrons. The first kappa shape index (κ1) is 16.6. The Morgan fingerprint density at radius 1 is 1.47 bits per heavy atom. The quantitative estimate of drug-likeness (QED) is 0.791. The van der Waals surface area contributed by atoms with Crippen molar-refractivity contribution in [2.24, 2.45) is 0 Å². The second kappa shape index (κ2) is 7.35. The van der Waals surface area contributed by atoms with E-state index in [4.69, 9.17) is 4.74 Å². The lowest BCUT2D eigenvalue weighted by atomic mass is 10.4. The average molecular weight is 306 g/mol. The van der Waals surface area contributed by atoms with Crippen LogP contribution in [0.25, 0.3) is 0 Å². The first-order valence-electron chi connectivity index (χ1n) is 6.16. The zero-order chi connectivity index (χ0) is 14.5. The van der Waals surface area contributed by atoms with Crippen molar-refractivity contribution in [2.75, 3.05) is 27.3 Å². The fraction of sp³-hybridized carbons (Fsp3) is 0.667. The molecule has 0 spiro atoms. The number of thiophene rings is 1. The number of sulfonamides is 1. The van der Waals surface area contributed by atoms with E-state index in [-0.39, 0.29) is 6.04 Å². The Hall–Kier alpha value is -0.470. The molecule has 110 valence electrons. The van der Waals surface area contributed by atoms with Crippen LogP contribution in [0.3, 0.4) is 0 Å². The van der Waals surface area contributed by atoms with E-state index in [1.54, 1.807) is 18.6 Å². The van der Waals surface area contributed by atoms with E-state index in [1.807, 2.05) is 20.9 Å². The summed E-state index contributed by atoms with van der Waals surface area (Å²) in [6.07, 6.45) is 0. The van der Waals surface area contributed by atoms with Crippen molar-refractivity contribution >= 4 is 21.4 Å². The lowest BCUT2D eigenvalue weighted by Crippen LogP contribution is -2.39. The van der Waals surface area contributed by atoms with E-state index >= 15 is 0 Å². The van der Waals surface area contributed by atoms with Crippen LogP contribution >= 0.6 is 11.3 Å². The lowest BCUT2D eigenvalue weighted by molar-refractivity contribution is 0.171. The molecule has 0 aromatic carbocycles. The van der Waals surface area contributed by atoms with Crippen LogP contribution in [0.4, 0.5) is 0 Å². The smallest absolute Gasteiger partial charge is 0.244 e. The van der Waals surface area contributed by atoms with Crippen LogP contribution in [0.1, 0.15) is 18.7 Å². The summed E-state index contributed by atoms with van der Waals surface area (Å²) in [5.41, 5.74) is 0. The van der Waals surface area contributed by atoms with Crippen molar-refractivity contribution in [3.05, 3.63) is 16.3 Å². The molecule has 5 nitrogen and oxygen atoms in total. The van der Waals surface area contributed by atoms with E-state index in [2.05, 4.69) is 5.32 Å². The molecule has 0 aliphatic carbocycles. The van der Waals surface area contributed by atoms with E-state index in [9.17, 15) is 8.42 Å². The van der Waals surface area contributed by atoms with Crippen molar-refractivity contribution in [2.45, 2.75) is 31.3 Å². The molecule has 1 rings (SSSR count). The Morgan fingerprint density at radius 2 is 2.16 bits per heavy atom. The topological polar surface area (TPSA) is 58.6 Å². The third-order valence-electron chi connectivity index (χ3n) is 2.68. The second-order valence-corrected chi connectivity index (χ2v) is 7.37. The summed E-state index contributed by atoms with van der Waals surface area (Å²) in [6, 6.07) is 1.64. The number of methoxy groups -OCH3 is 1. The number of hydrogen-bond acceptors (Lipinski definition) is 5. The highest BCUT2D eigenvalue weighted by atomic mass is 32.2. The highest BCUT2D eigenvalue weighted by Crippen LogP contribution is 2.23. The Kier molecular flexibility index (Phi) is 6.41. The molecule has 1 heterocycles. The summed E-state index contributed by atoms with van der Waals surface area (Å²) in [4.78, 5) is 1.38. The number of ether oxygens (including phenoxy) is 1. The zero-order valence-corrected chi connectivity index (χ0v) is 13.5. The van der Waals surface area contributed by atoms with Gasteiger partial charge in [0.1, 0.15) is 0 Å². The van der Waals surface area contributed by atoms with Gasteiger partial charge in [-0.2, -0.15) is 4.31 Å². The first-order chi connectivity index (χ1) is 8.93. The van der Waals surface area contributed by atoms with Gasteiger partial charge in [0.2, 0.25) is 10.0 Å². The van der Waals surface area contributed by atoms with Gasteiger partial charge in [0.05, 0.1) is 11.5 Å². The van der Waals surface area contributed by atoms with Gasteiger partial charge in [-0.25, -0.2) is 8.42 Å². The maximum absolute atomic E-state index is 12.6. The largest absolute Gasteiger partial charge is 0.383 e. The molecule has 0 saturated carbocycles. The molecule has 1 aromatic rings. The van der Waals surface area contributed by atoms with Gasteiger partial charge in [0, 0.05) is 36.5 Å². The molecular formula is C12H22N2O3S2. The maximum Gasteiger partial charge on any atom is 0.244 e. The van der Waals surface area contributed by atoms with Crippen molar-refractivity contribution in [1.29, 1.82) is 0 Å².